The van der Waals surface area contributed by atoms with Crippen molar-refractivity contribution in [2.24, 2.45) is 0 Å². The molecule has 0 radical (unpaired) electrons. The van der Waals surface area contributed by atoms with Crippen LogP contribution in [0.1, 0.15) is 5.56 Å². The van der Waals surface area contributed by atoms with Gasteiger partial charge in [0, 0.05) is 55.1 Å². The Kier molecular flexibility index (Phi) is 8.24. The van der Waals surface area contributed by atoms with Gasteiger partial charge in [-0.3, -0.25) is 0 Å². The molecular formula is C60H36N6. The highest BCUT2D eigenvalue weighted by atomic mass is 15.1. The average molecular weight is 841 g/mol. The molecule has 0 bridgehead atoms. The maximum Gasteiger partial charge on any atom is 0.212 e. The number of fused-ring (bicyclic) bond motifs is 12. The number of rotatable bonds is 6. The second-order valence-corrected chi connectivity index (χ2v) is 16.7. The van der Waals surface area contributed by atoms with Crippen LogP contribution in [0.25, 0.3) is 98.1 Å². The van der Waals surface area contributed by atoms with Crippen LogP contribution in [0, 0.1) is 17.9 Å². The van der Waals surface area contributed by atoms with Crippen LogP contribution in [0.2, 0.25) is 0 Å². The molecule has 3 aromatic heterocycles. The smallest absolute Gasteiger partial charge is 0.212 e. The number of anilines is 3. The molecule has 6 nitrogen and oxygen atoms in total. The van der Waals surface area contributed by atoms with Crippen LogP contribution in [-0.2, 0) is 0 Å². The van der Waals surface area contributed by atoms with Gasteiger partial charge < -0.3 is 18.6 Å². The van der Waals surface area contributed by atoms with Crippen molar-refractivity contribution in [1.29, 1.82) is 5.26 Å². The van der Waals surface area contributed by atoms with Gasteiger partial charge in [-0.1, -0.05) is 121 Å². The van der Waals surface area contributed by atoms with E-state index < -0.39 is 0 Å². The zero-order valence-electron chi connectivity index (χ0n) is 35.5. The predicted octanol–water partition coefficient (Wildman–Crippen LogP) is 16.0. The Morgan fingerprint density at radius 3 is 1.58 bits per heavy atom. The van der Waals surface area contributed by atoms with Gasteiger partial charge in [-0.05, 0) is 108 Å². The van der Waals surface area contributed by atoms with E-state index in [1.54, 1.807) is 0 Å². The Morgan fingerprint density at radius 2 is 0.894 bits per heavy atom. The van der Waals surface area contributed by atoms with Crippen molar-refractivity contribution in [2.45, 2.75) is 0 Å². The molecule has 66 heavy (non-hydrogen) atoms. The minimum Gasteiger partial charge on any atom is -0.319 e. The Morgan fingerprint density at radius 1 is 0.394 bits per heavy atom. The molecule has 10 aromatic carbocycles. The van der Waals surface area contributed by atoms with E-state index in [0.29, 0.717) is 22.6 Å². The second-order valence-electron chi connectivity index (χ2n) is 16.7. The lowest BCUT2D eigenvalue weighted by Crippen LogP contribution is -2.09. The van der Waals surface area contributed by atoms with Gasteiger partial charge in [0.2, 0.25) is 5.69 Å². The molecule has 0 aliphatic rings. The fraction of sp³-hybridized carbons (Fsp3) is 0. The third-order valence-corrected chi connectivity index (χ3v) is 13.2. The molecular weight excluding hydrogens is 805 g/mol. The summed E-state index contributed by atoms with van der Waals surface area (Å²) in [7, 11) is 0. The first-order valence-electron chi connectivity index (χ1n) is 22.0. The van der Waals surface area contributed by atoms with Gasteiger partial charge in [0.05, 0.1) is 56.6 Å². The molecule has 0 aliphatic heterocycles. The summed E-state index contributed by atoms with van der Waals surface area (Å²) in [6, 6.07) is 78.6. The fourth-order valence-electron chi connectivity index (χ4n) is 10.5. The average Bonchev–Trinajstić information content (AvgIpc) is 4.02. The van der Waals surface area contributed by atoms with Crippen LogP contribution in [0.3, 0.4) is 0 Å². The molecule has 306 valence electrons. The number of aromatic nitrogens is 3. The first kappa shape index (κ1) is 37.2. The number of nitriles is 1. The van der Waals surface area contributed by atoms with Crippen molar-refractivity contribution in [2.75, 3.05) is 4.90 Å². The highest BCUT2D eigenvalue weighted by molar-refractivity contribution is 6.29. The van der Waals surface area contributed by atoms with E-state index in [0.717, 1.165) is 98.9 Å². The van der Waals surface area contributed by atoms with Crippen LogP contribution in [0.4, 0.5) is 22.7 Å². The standard InChI is InChI=1S/C60H36N6/c1-62-49-37-56(40(38-61)35-57(49)66-51-28-16-13-25-46(51)58-45-24-12-11-17-39(45)29-31-53(58)66)65-52-32-30-44(63(41-18-5-2-6-19-41)42-20-7-3-8-21-42)36-48(52)60-55(65)34-33-54-59(60)47-26-14-15-27-50(47)64(54)43-22-9-4-10-23-43/h2-37H. The summed E-state index contributed by atoms with van der Waals surface area (Å²) < 4.78 is 6.71. The summed E-state index contributed by atoms with van der Waals surface area (Å²) in [6.07, 6.45) is 0. The fourth-order valence-corrected chi connectivity index (χ4v) is 10.5. The molecule has 13 aromatic rings. The number of hydrogen-bond acceptors (Lipinski definition) is 2. The molecule has 0 atom stereocenters. The van der Waals surface area contributed by atoms with Crippen molar-refractivity contribution < 1.29 is 0 Å². The van der Waals surface area contributed by atoms with Gasteiger partial charge in [-0.15, -0.1) is 0 Å². The van der Waals surface area contributed by atoms with Crippen LogP contribution < -0.4 is 4.90 Å². The maximum absolute atomic E-state index is 11.3. The Hall–Kier alpha value is -9.36. The number of para-hydroxylation sites is 5. The number of nitrogens with zero attached hydrogens (tertiary/aromatic N) is 6. The van der Waals surface area contributed by atoms with Crippen molar-refractivity contribution >= 4 is 98.9 Å². The largest absolute Gasteiger partial charge is 0.319 e. The third kappa shape index (κ3) is 5.40. The molecule has 13 rings (SSSR count). The molecule has 0 saturated heterocycles. The van der Waals surface area contributed by atoms with Crippen LogP contribution in [0.5, 0.6) is 0 Å². The predicted molar refractivity (Wildman–Crippen MR) is 273 cm³/mol. The summed E-state index contributed by atoms with van der Waals surface area (Å²) in [4.78, 5) is 6.53. The van der Waals surface area contributed by atoms with Gasteiger partial charge in [0.1, 0.15) is 6.07 Å². The monoisotopic (exact) mass is 840 g/mol. The molecule has 0 N–H and O–H groups in total. The molecule has 0 amide bonds. The topological polar surface area (TPSA) is 46.2 Å². The zero-order valence-corrected chi connectivity index (χ0v) is 35.5. The Bertz CT molecular complexity index is 4140. The summed E-state index contributed by atoms with van der Waals surface area (Å²) >= 11 is 0. The van der Waals surface area contributed by atoms with Crippen LogP contribution in [0.15, 0.2) is 218 Å². The van der Waals surface area contributed by atoms with E-state index >= 15 is 0 Å². The quantitative estimate of drug-likeness (QED) is 0.157. The van der Waals surface area contributed by atoms with Crippen LogP contribution >= 0.6 is 0 Å². The van der Waals surface area contributed by atoms with Crippen molar-refractivity contribution in [3.8, 4) is 23.1 Å². The van der Waals surface area contributed by atoms with Gasteiger partial charge in [0.25, 0.3) is 0 Å². The molecule has 0 aliphatic carbocycles. The van der Waals surface area contributed by atoms with Crippen molar-refractivity contribution in [3.63, 3.8) is 0 Å². The first-order valence-corrected chi connectivity index (χ1v) is 22.0. The molecule has 0 fully saturated rings. The normalized spacial score (nSPS) is 11.6. The second kappa shape index (κ2) is 14.6. The summed E-state index contributed by atoms with van der Waals surface area (Å²) in [5, 5.41) is 20.1. The number of benzene rings is 10. The Balaban J connectivity index is 1.14. The summed E-state index contributed by atoms with van der Waals surface area (Å²) in [5.41, 5.74) is 12.4. The Labute approximate surface area is 379 Å². The van der Waals surface area contributed by atoms with E-state index in [-0.39, 0.29) is 0 Å². The lowest BCUT2D eigenvalue weighted by molar-refractivity contribution is 1.14. The minimum absolute atomic E-state index is 0.451. The van der Waals surface area contributed by atoms with Crippen molar-refractivity contribution in [3.05, 3.63) is 235 Å². The molecule has 0 spiro atoms. The SMILES string of the molecule is [C-]#[N+]c1cc(-n2c3ccc(N(c4ccccc4)c4ccccc4)cc3c3c4c5ccccc5n(-c5ccccc5)c4ccc32)c(C#N)cc1-n1c2ccccc2c2c3ccccc3ccc21. The molecule has 6 heteroatoms. The van der Waals surface area contributed by atoms with E-state index in [9.17, 15) is 5.26 Å². The lowest BCUT2D eigenvalue weighted by Gasteiger charge is -2.25. The van der Waals surface area contributed by atoms with E-state index in [1.165, 1.54) is 0 Å². The highest BCUT2D eigenvalue weighted by Crippen LogP contribution is 2.47. The first-order chi connectivity index (χ1) is 32.7. The molecule has 0 unspecified atom stereocenters. The molecule has 0 saturated carbocycles. The van der Waals surface area contributed by atoms with Gasteiger partial charge in [0.15, 0.2) is 0 Å². The third-order valence-electron chi connectivity index (χ3n) is 13.2. The lowest BCUT2D eigenvalue weighted by atomic mass is 10.0. The summed E-state index contributed by atoms with van der Waals surface area (Å²) in [5.74, 6) is 0. The highest BCUT2D eigenvalue weighted by Gasteiger charge is 2.25. The van der Waals surface area contributed by atoms with Gasteiger partial charge >= 0.3 is 0 Å². The molecule has 3 heterocycles. The van der Waals surface area contributed by atoms with Crippen molar-refractivity contribution in [1.82, 2.24) is 13.7 Å². The van der Waals surface area contributed by atoms with Gasteiger partial charge in [-0.2, -0.15) is 5.26 Å². The minimum atomic E-state index is 0.451. The maximum atomic E-state index is 11.3. The van der Waals surface area contributed by atoms with E-state index in [2.05, 4.69) is 218 Å². The van der Waals surface area contributed by atoms with Crippen LogP contribution in [-0.4, -0.2) is 13.7 Å². The van der Waals surface area contributed by atoms with E-state index in [1.807, 2.05) is 30.3 Å². The summed E-state index contributed by atoms with van der Waals surface area (Å²) in [6.45, 7) is 8.74. The zero-order chi connectivity index (χ0) is 43.9. The van der Waals surface area contributed by atoms with E-state index in [4.69, 9.17) is 6.57 Å². The number of hydrogen-bond donors (Lipinski definition) is 0. The van der Waals surface area contributed by atoms with Gasteiger partial charge in [-0.25, -0.2) is 4.85 Å².